The third-order valence-corrected chi connectivity index (χ3v) is 4.37. The Labute approximate surface area is 188 Å². The molecule has 0 aliphatic carbocycles. The fourth-order valence-electron chi connectivity index (χ4n) is 3.14. The summed E-state index contributed by atoms with van der Waals surface area (Å²) in [5.41, 5.74) is 1.29. The number of nitrogens with zero attached hydrogens (tertiary/aromatic N) is 2. The number of phenolic OH excluding ortho intramolecular Hbond substituents is 1. The number of aromatic nitrogens is 1. The predicted molar refractivity (Wildman–Crippen MR) is 126 cm³/mol. The Hall–Kier alpha value is -3.55. The van der Waals surface area contributed by atoms with Gasteiger partial charge in [-0.1, -0.05) is 33.8 Å². The van der Waals surface area contributed by atoms with E-state index in [-0.39, 0.29) is 22.9 Å². The van der Waals surface area contributed by atoms with Crippen LogP contribution in [0.3, 0.4) is 0 Å². The molecule has 3 rings (SSSR count). The zero-order chi connectivity index (χ0) is 24.3. The number of aromatic hydroxyl groups is 1. The van der Waals surface area contributed by atoms with Gasteiger partial charge in [0.1, 0.15) is 0 Å². The summed E-state index contributed by atoms with van der Waals surface area (Å²) < 4.78 is 15.8. The molecule has 0 saturated heterocycles. The summed E-state index contributed by atoms with van der Waals surface area (Å²) in [6, 6.07) is 6.68. The lowest BCUT2D eigenvalue weighted by molar-refractivity contribution is -0.385. The van der Waals surface area contributed by atoms with Gasteiger partial charge in [-0.3, -0.25) is 15.1 Å². The van der Waals surface area contributed by atoms with E-state index in [0.717, 1.165) is 10.9 Å². The Bertz CT molecular complexity index is 1040. The van der Waals surface area contributed by atoms with Crippen molar-refractivity contribution < 1.29 is 24.2 Å². The minimum atomic E-state index is -0.508. The van der Waals surface area contributed by atoms with Gasteiger partial charge in [0.2, 0.25) is 5.75 Å². The zero-order valence-electron chi connectivity index (χ0n) is 19.8. The molecule has 1 N–H and O–H groups in total. The van der Waals surface area contributed by atoms with E-state index in [1.165, 1.54) is 20.3 Å². The molecule has 1 aromatic heterocycles. The Kier molecular flexibility index (Phi) is 10.8. The summed E-state index contributed by atoms with van der Waals surface area (Å²) in [7, 11) is 2.79. The highest BCUT2D eigenvalue weighted by Gasteiger charge is 2.22. The minimum Gasteiger partial charge on any atom is -0.504 e. The number of hydrogen-bond donors (Lipinski definition) is 1. The normalized spacial score (nSPS) is 9.72. The lowest BCUT2D eigenvalue weighted by atomic mass is 9.99. The molecule has 0 aliphatic rings. The molecule has 8 nitrogen and oxygen atoms in total. The molecule has 0 fully saturated rings. The summed E-state index contributed by atoms with van der Waals surface area (Å²) in [5, 5.41) is 23.2. The average Bonchev–Trinajstić information content (AvgIpc) is 2.83. The van der Waals surface area contributed by atoms with Crippen LogP contribution in [0.25, 0.3) is 10.8 Å². The van der Waals surface area contributed by atoms with E-state index in [9.17, 15) is 15.2 Å². The standard InChI is InChI=1S/C20H20N2O6.2C2H6/c1-4-28-17-6-5-14-13(10-21-11-15(14)19(17)23)7-12-8-16(22(24)25)20(27-3)18(9-12)26-2;2*1-2/h5-6,8-11,23H,4,7H2,1-3H3;2*1-2H3. The van der Waals surface area contributed by atoms with Gasteiger partial charge in [-0.15, -0.1) is 0 Å². The Morgan fingerprint density at radius 3 is 2.25 bits per heavy atom. The largest absolute Gasteiger partial charge is 0.504 e. The van der Waals surface area contributed by atoms with Gasteiger partial charge in [0, 0.05) is 23.8 Å². The molecule has 8 heteroatoms. The number of benzene rings is 2. The van der Waals surface area contributed by atoms with Crippen molar-refractivity contribution in [1.29, 1.82) is 0 Å². The Morgan fingerprint density at radius 2 is 1.69 bits per heavy atom. The number of methoxy groups -OCH3 is 2. The van der Waals surface area contributed by atoms with Gasteiger partial charge >= 0.3 is 5.69 Å². The molecule has 0 spiro atoms. The molecule has 3 aromatic rings. The van der Waals surface area contributed by atoms with Gasteiger partial charge in [0.05, 0.1) is 25.7 Å². The van der Waals surface area contributed by atoms with Crippen molar-refractivity contribution in [3.05, 3.63) is 57.9 Å². The second-order valence-corrected chi connectivity index (χ2v) is 6.02. The first-order valence-corrected chi connectivity index (χ1v) is 10.6. The highest BCUT2D eigenvalue weighted by atomic mass is 16.6. The third-order valence-electron chi connectivity index (χ3n) is 4.37. The fraction of sp³-hybridized carbons (Fsp3) is 0.375. The molecule has 0 saturated carbocycles. The van der Waals surface area contributed by atoms with E-state index in [2.05, 4.69) is 4.98 Å². The maximum absolute atomic E-state index is 11.4. The van der Waals surface area contributed by atoms with Crippen LogP contribution in [0.2, 0.25) is 0 Å². The molecule has 0 bridgehead atoms. The summed E-state index contributed by atoms with van der Waals surface area (Å²) in [5.74, 6) is 0.760. The van der Waals surface area contributed by atoms with E-state index in [1.54, 1.807) is 24.5 Å². The summed E-state index contributed by atoms with van der Waals surface area (Å²) >= 11 is 0. The van der Waals surface area contributed by atoms with Crippen molar-refractivity contribution in [2.75, 3.05) is 20.8 Å². The van der Waals surface area contributed by atoms with Gasteiger partial charge in [0.25, 0.3) is 0 Å². The lowest BCUT2D eigenvalue weighted by Crippen LogP contribution is -2.00. The van der Waals surface area contributed by atoms with Gasteiger partial charge in [-0.25, -0.2) is 0 Å². The number of ether oxygens (including phenoxy) is 3. The summed E-state index contributed by atoms with van der Waals surface area (Å²) in [6.45, 7) is 10.3. The topological polar surface area (TPSA) is 104 Å². The number of nitro benzene ring substituents is 1. The smallest absolute Gasteiger partial charge is 0.315 e. The first kappa shape index (κ1) is 26.5. The van der Waals surface area contributed by atoms with Crippen molar-refractivity contribution >= 4 is 16.5 Å². The van der Waals surface area contributed by atoms with Crippen LogP contribution in [0, 0.1) is 10.1 Å². The molecular weight excluding hydrogens is 412 g/mol. The molecule has 174 valence electrons. The first-order valence-electron chi connectivity index (χ1n) is 10.6. The van der Waals surface area contributed by atoms with Crippen LogP contribution in [-0.2, 0) is 6.42 Å². The van der Waals surface area contributed by atoms with Crippen molar-refractivity contribution in [2.45, 2.75) is 41.0 Å². The van der Waals surface area contributed by atoms with Crippen LogP contribution in [0.15, 0.2) is 36.7 Å². The Morgan fingerprint density at radius 1 is 1.00 bits per heavy atom. The first-order chi connectivity index (χ1) is 15.5. The number of rotatable bonds is 7. The van der Waals surface area contributed by atoms with Gasteiger partial charge in [0.15, 0.2) is 17.2 Å². The molecule has 32 heavy (non-hydrogen) atoms. The molecule has 0 aliphatic heterocycles. The number of phenols is 1. The average molecular weight is 445 g/mol. The van der Waals surface area contributed by atoms with Crippen molar-refractivity contribution in [1.82, 2.24) is 4.98 Å². The number of fused-ring (bicyclic) bond motifs is 1. The van der Waals surface area contributed by atoms with Crippen molar-refractivity contribution in [2.24, 2.45) is 0 Å². The fourth-order valence-corrected chi connectivity index (χ4v) is 3.14. The van der Waals surface area contributed by atoms with Crippen molar-refractivity contribution in [3.63, 3.8) is 0 Å². The molecular formula is C24H32N2O6. The highest BCUT2D eigenvalue weighted by Crippen LogP contribution is 2.40. The van der Waals surface area contributed by atoms with Gasteiger partial charge in [-0.05, 0) is 42.0 Å². The van der Waals surface area contributed by atoms with E-state index >= 15 is 0 Å². The second kappa shape index (κ2) is 13.0. The monoisotopic (exact) mass is 444 g/mol. The van der Waals surface area contributed by atoms with Crippen LogP contribution in [-0.4, -0.2) is 35.8 Å². The van der Waals surface area contributed by atoms with E-state index < -0.39 is 4.92 Å². The number of nitro groups is 1. The summed E-state index contributed by atoms with van der Waals surface area (Å²) in [6.07, 6.45) is 3.59. The molecule has 0 unspecified atom stereocenters. The quantitative estimate of drug-likeness (QED) is 0.357. The predicted octanol–water partition coefficient (Wildman–Crippen LogP) is 5.91. The van der Waals surface area contributed by atoms with Crippen molar-refractivity contribution in [3.8, 4) is 23.0 Å². The minimum absolute atomic E-state index is 0.0204. The van der Waals surface area contributed by atoms with Crippen LogP contribution in [0.5, 0.6) is 23.0 Å². The van der Waals surface area contributed by atoms with Crippen LogP contribution in [0.4, 0.5) is 5.69 Å². The van der Waals surface area contributed by atoms with E-state index in [4.69, 9.17) is 14.2 Å². The zero-order valence-corrected chi connectivity index (χ0v) is 19.8. The maximum Gasteiger partial charge on any atom is 0.315 e. The summed E-state index contributed by atoms with van der Waals surface area (Å²) in [4.78, 5) is 15.1. The van der Waals surface area contributed by atoms with Gasteiger partial charge in [-0.2, -0.15) is 0 Å². The molecule has 0 atom stereocenters. The van der Waals surface area contributed by atoms with Crippen LogP contribution >= 0.6 is 0 Å². The molecule has 1 heterocycles. The second-order valence-electron chi connectivity index (χ2n) is 6.02. The lowest BCUT2D eigenvalue weighted by Gasteiger charge is -2.13. The van der Waals surface area contributed by atoms with Crippen LogP contribution in [0.1, 0.15) is 45.7 Å². The molecule has 0 amide bonds. The molecule has 2 aromatic carbocycles. The van der Waals surface area contributed by atoms with Crippen LogP contribution < -0.4 is 14.2 Å². The maximum atomic E-state index is 11.4. The van der Waals surface area contributed by atoms with E-state index in [0.29, 0.717) is 29.7 Å². The SMILES string of the molecule is CC.CC.CCOc1ccc2c(Cc3cc(OC)c(OC)c([N+](=O)[O-])c3)cncc2c1O. The Balaban J connectivity index is 0.00000121. The number of pyridine rings is 1. The highest BCUT2D eigenvalue weighted by molar-refractivity contribution is 5.92. The van der Waals surface area contributed by atoms with E-state index in [1.807, 2.05) is 40.7 Å². The van der Waals surface area contributed by atoms with Gasteiger partial charge < -0.3 is 19.3 Å². The molecule has 0 radical (unpaired) electrons. The number of hydrogen-bond acceptors (Lipinski definition) is 7. The third kappa shape index (κ3) is 5.78.